The Kier molecular flexibility index (Phi) is 4.52. The van der Waals surface area contributed by atoms with Crippen LogP contribution in [0.1, 0.15) is 145 Å². The van der Waals surface area contributed by atoms with Crippen molar-refractivity contribution in [3.63, 3.8) is 0 Å². The lowest BCUT2D eigenvalue weighted by Gasteiger charge is -2.40. The summed E-state index contributed by atoms with van der Waals surface area (Å²) in [7, 11) is 0. The van der Waals surface area contributed by atoms with E-state index in [0.29, 0.717) is 0 Å². The molecule has 0 N–H and O–H groups in total. The van der Waals surface area contributed by atoms with E-state index in [4.69, 9.17) is 4.74 Å². The summed E-state index contributed by atoms with van der Waals surface area (Å²) < 4.78 is 7.73. The summed E-state index contributed by atoms with van der Waals surface area (Å²) in [4.78, 5) is 0. The van der Waals surface area contributed by atoms with Gasteiger partial charge in [-0.3, -0.25) is 0 Å². The number of allylic oxidation sites excluding steroid dienone is 2. The Balaban J connectivity index is 1.14. The molecule has 10 aliphatic rings. The molecular weight excluding hydrogens is 556 g/mol. The van der Waals surface area contributed by atoms with Crippen LogP contribution in [0.25, 0.3) is 11.5 Å². The van der Waals surface area contributed by atoms with E-state index < -0.39 is 0 Å². The Morgan fingerprint density at radius 3 is 1.11 bits per heavy atom. The third-order valence-electron chi connectivity index (χ3n) is 15.4. The van der Waals surface area contributed by atoms with Gasteiger partial charge in [0.25, 0.3) is 0 Å². The van der Waals surface area contributed by atoms with Crippen molar-refractivity contribution in [3.8, 4) is 0 Å². The summed E-state index contributed by atoms with van der Waals surface area (Å²) >= 11 is 0. The van der Waals surface area contributed by atoms with Crippen molar-refractivity contribution in [3.05, 3.63) is 111 Å². The lowest BCUT2D eigenvalue weighted by Crippen LogP contribution is -2.34. The molecular formula is C45H44O. The summed E-state index contributed by atoms with van der Waals surface area (Å²) in [5.41, 5.74) is 35.2. The van der Waals surface area contributed by atoms with Crippen molar-refractivity contribution in [2.24, 2.45) is 0 Å². The van der Waals surface area contributed by atoms with Crippen molar-refractivity contribution >= 4 is 11.5 Å². The molecule has 0 unspecified atom stereocenters. The molecule has 3 aromatic rings. The third-order valence-corrected chi connectivity index (χ3v) is 15.4. The molecule has 1 heterocycles. The monoisotopic (exact) mass is 600 g/mol. The first-order valence-electron chi connectivity index (χ1n) is 19.5. The highest BCUT2D eigenvalue weighted by molar-refractivity contribution is 5.93. The molecule has 9 aliphatic carbocycles. The number of ether oxygens (including phenoxy) is 1. The van der Waals surface area contributed by atoms with Crippen molar-refractivity contribution in [2.75, 3.05) is 0 Å². The van der Waals surface area contributed by atoms with Crippen molar-refractivity contribution in [2.45, 2.75) is 147 Å². The van der Waals surface area contributed by atoms with Gasteiger partial charge in [0, 0.05) is 16.5 Å². The molecule has 0 radical (unpaired) electrons. The molecule has 1 aliphatic heterocycles. The lowest BCUT2D eigenvalue weighted by atomic mass is 9.65. The van der Waals surface area contributed by atoms with Gasteiger partial charge in [-0.1, -0.05) is 0 Å². The normalized spacial score (nSPS) is 24.1. The summed E-state index contributed by atoms with van der Waals surface area (Å²) in [6.45, 7) is 0. The highest BCUT2D eigenvalue weighted by Crippen LogP contribution is 2.66. The zero-order chi connectivity index (χ0) is 29.5. The largest absolute Gasteiger partial charge is 0.456 e. The molecule has 0 fully saturated rings. The molecule has 1 spiro atoms. The fraction of sp³-hybridized carbons (Fsp3) is 0.511. The maximum Gasteiger partial charge on any atom is 0.136 e. The van der Waals surface area contributed by atoms with Gasteiger partial charge < -0.3 is 4.74 Å². The van der Waals surface area contributed by atoms with Gasteiger partial charge in [-0.2, -0.15) is 0 Å². The fourth-order valence-corrected chi connectivity index (χ4v) is 14.1. The molecule has 0 saturated carbocycles. The minimum atomic E-state index is 0.0519. The van der Waals surface area contributed by atoms with Gasteiger partial charge in [0.1, 0.15) is 11.5 Å². The minimum Gasteiger partial charge on any atom is -0.456 e. The molecule has 0 amide bonds. The molecule has 0 bridgehead atoms. The van der Waals surface area contributed by atoms with Crippen molar-refractivity contribution in [1.82, 2.24) is 0 Å². The van der Waals surface area contributed by atoms with E-state index in [2.05, 4.69) is 0 Å². The molecule has 230 valence electrons. The second-order valence-corrected chi connectivity index (χ2v) is 16.9. The smallest absolute Gasteiger partial charge is 0.136 e. The first-order valence-corrected chi connectivity index (χ1v) is 19.5. The molecule has 0 atom stereocenters. The zero-order valence-electron chi connectivity index (χ0n) is 27.5. The van der Waals surface area contributed by atoms with Crippen LogP contribution in [0.15, 0.2) is 11.1 Å². The van der Waals surface area contributed by atoms with Crippen LogP contribution in [0.4, 0.5) is 0 Å². The molecule has 0 saturated heterocycles. The molecule has 0 aromatic heterocycles. The first-order chi connectivity index (χ1) is 22.8. The fourth-order valence-electron chi connectivity index (χ4n) is 14.1. The van der Waals surface area contributed by atoms with E-state index in [1.165, 1.54) is 140 Å². The average Bonchev–Trinajstić information content (AvgIpc) is 3.91. The Hall–Kier alpha value is -3.06. The topological polar surface area (TPSA) is 9.23 Å². The molecule has 46 heavy (non-hydrogen) atoms. The molecule has 1 heteroatoms. The summed E-state index contributed by atoms with van der Waals surface area (Å²) in [5.74, 6) is 2.75. The van der Waals surface area contributed by atoms with Crippen LogP contribution in [0.3, 0.4) is 0 Å². The molecule has 13 rings (SSSR count). The Bertz CT molecular complexity index is 2000. The van der Waals surface area contributed by atoms with Crippen LogP contribution in [-0.2, 0) is 106 Å². The van der Waals surface area contributed by atoms with Crippen LogP contribution >= 0.6 is 0 Å². The first kappa shape index (κ1) is 25.0. The predicted octanol–water partition coefficient (Wildman–Crippen LogP) is 8.77. The Labute approximate surface area is 273 Å². The number of hydrogen-bond acceptors (Lipinski definition) is 1. The van der Waals surface area contributed by atoms with E-state index in [9.17, 15) is 0 Å². The third kappa shape index (κ3) is 2.65. The maximum absolute atomic E-state index is 7.73. The van der Waals surface area contributed by atoms with E-state index in [1.54, 1.807) is 77.9 Å². The summed E-state index contributed by atoms with van der Waals surface area (Å²) in [5, 5.41) is 0. The summed E-state index contributed by atoms with van der Waals surface area (Å²) in [6, 6.07) is 0. The Morgan fingerprint density at radius 1 is 0.326 bits per heavy atom. The van der Waals surface area contributed by atoms with Crippen molar-refractivity contribution < 1.29 is 4.74 Å². The second kappa shape index (κ2) is 8.32. The van der Waals surface area contributed by atoms with Crippen LogP contribution in [0.2, 0.25) is 0 Å². The quantitative estimate of drug-likeness (QED) is 0.251. The van der Waals surface area contributed by atoms with Gasteiger partial charge in [-0.15, -0.1) is 0 Å². The lowest BCUT2D eigenvalue weighted by molar-refractivity contribution is 0.416. The standard InChI is InChI=1S/C45H44O/c1-9-25-28-13-6-18-34(28)42-35(29(25)12-1)19-20-45(42)38-21-36-30-14-2-7-23(30)26-10-4-16-32(26)40(36)43(38)46-44-39(45)22-37-31-15-3-8-24(31)27-11-5-17-33(27)41(37)44/h1-22H2. The van der Waals surface area contributed by atoms with Crippen LogP contribution in [0, 0.1) is 0 Å². The second-order valence-electron chi connectivity index (χ2n) is 16.9. The van der Waals surface area contributed by atoms with E-state index in [0.717, 1.165) is 12.8 Å². The van der Waals surface area contributed by atoms with Gasteiger partial charge in [0.15, 0.2) is 0 Å². The van der Waals surface area contributed by atoms with Gasteiger partial charge in [-0.25, -0.2) is 0 Å². The van der Waals surface area contributed by atoms with E-state index in [1.807, 2.05) is 33.4 Å². The number of fused-ring (bicyclic) bond motifs is 23. The van der Waals surface area contributed by atoms with Gasteiger partial charge in [0.05, 0.1) is 0 Å². The Morgan fingerprint density at radius 2 is 0.652 bits per heavy atom. The average molecular weight is 601 g/mol. The van der Waals surface area contributed by atoms with Gasteiger partial charge in [-0.05, 0) is 241 Å². The highest BCUT2D eigenvalue weighted by atomic mass is 16.5. The number of benzene rings is 3. The van der Waals surface area contributed by atoms with Crippen LogP contribution in [-0.4, -0.2) is 0 Å². The highest BCUT2D eigenvalue weighted by Gasteiger charge is 2.57. The molecule has 1 nitrogen and oxygen atoms in total. The number of rotatable bonds is 0. The van der Waals surface area contributed by atoms with Gasteiger partial charge in [0.2, 0.25) is 0 Å². The van der Waals surface area contributed by atoms with Crippen molar-refractivity contribution in [1.29, 1.82) is 0 Å². The minimum absolute atomic E-state index is 0.0519. The molecule has 3 aromatic carbocycles. The van der Waals surface area contributed by atoms with Gasteiger partial charge >= 0.3 is 0 Å². The zero-order valence-corrected chi connectivity index (χ0v) is 27.5. The van der Waals surface area contributed by atoms with Crippen LogP contribution < -0.4 is 0 Å². The van der Waals surface area contributed by atoms with E-state index in [-0.39, 0.29) is 5.41 Å². The number of hydrogen-bond donors (Lipinski definition) is 0. The predicted molar refractivity (Wildman–Crippen MR) is 184 cm³/mol. The maximum atomic E-state index is 7.73. The summed E-state index contributed by atoms with van der Waals surface area (Å²) in [6.07, 6.45) is 28.7. The van der Waals surface area contributed by atoms with Crippen LogP contribution in [0.5, 0.6) is 0 Å². The van der Waals surface area contributed by atoms with E-state index >= 15 is 0 Å². The SMILES string of the molecule is C1Cc2c3c(c4c(c2C1)CC1=C4OC2=C(Cc4c5c(c6c(c42)CCC6)CCC5)C12CCc1c4c(c5c(c12)CCC5)CCC4)CCC3.